The number of hydrogen-bond donors (Lipinski definition) is 4. The van der Waals surface area contributed by atoms with Gasteiger partial charge in [-0.2, -0.15) is 0 Å². The van der Waals surface area contributed by atoms with Crippen molar-refractivity contribution in [2.45, 2.75) is 16.9 Å². The molecule has 2 aromatic rings. The Kier molecular flexibility index (Phi) is 4.21. The standard InChI is InChI=1S/C16H17IN4O/c18-15(17-21)11-3-5-13-9(7-11)1-2-10-8-12(16(19)20)4-6-14(10)22-13/h3-8,15,21H,1-2,18H2,(H3,19,20). The highest BCUT2D eigenvalue weighted by Crippen LogP contribution is 2.36. The number of fused-ring (bicyclic) bond motifs is 2. The molecule has 0 saturated carbocycles. The zero-order chi connectivity index (χ0) is 15.7. The number of aryl methyl sites for hydroxylation is 2. The minimum absolute atomic E-state index is 0.0668. The van der Waals surface area contributed by atoms with Crippen LogP contribution in [0.15, 0.2) is 36.4 Å². The third kappa shape index (κ3) is 2.89. The highest BCUT2D eigenvalue weighted by atomic mass is 127. The zero-order valence-corrected chi connectivity index (χ0v) is 14.1. The van der Waals surface area contributed by atoms with Gasteiger partial charge in [0.2, 0.25) is 0 Å². The summed E-state index contributed by atoms with van der Waals surface area (Å²) >= 11 is -0.765. The second-order valence-electron chi connectivity index (χ2n) is 5.22. The highest BCUT2D eigenvalue weighted by Gasteiger charge is 2.17. The SMILES string of the molecule is N=IC(N)c1ccc2c(c1)CCc1cc(C(=N)N)ccc1O2. The number of nitrogen functional groups attached to an aromatic ring is 1. The van der Waals surface area contributed by atoms with Gasteiger partial charge in [-0.1, -0.05) is 6.07 Å². The fourth-order valence-corrected chi connectivity index (χ4v) is 3.31. The molecular weight excluding hydrogens is 391 g/mol. The normalized spacial score (nSPS) is 14.2. The summed E-state index contributed by atoms with van der Waals surface area (Å²) in [7, 11) is 0. The summed E-state index contributed by atoms with van der Waals surface area (Å²) in [5, 5.41) is 7.54. The van der Waals surface area contributed by atoms with Crippen LogP contribution in [0.1, 0.15) is 26.3 Å². The van der Waals surface area contributed by atoms with E-state index in [4.69, 9.17) is 25.2 Å². The van der Waals surface area contributed by atoms with E-state index < -0.39 is 21.0 Å². The van der Waals surface area contributed by atoms with Gasteiger partial charge in [-0.05, 0) is 59.9 Å². The topological polar surface area (TPSA) is 109 Å². The minimum atomic E-state index is -0.765. The van der Waals surface area contributed by atoms with E-state index in [1.807, 2.05) is 24.3 Å². The zero-order valence-electron chi connectivity index (χ0n) is 11.9. The van der Waals surface area contributed by atoms with Crippen LogP contribution >= 0.6 is 21.0 Å². The predicted octanol–water partition coefficient (Wildman–Crippen LogP) is 3.55. The fourth-order valence-electron chi connectivity index (χ4n) is 2.56. The molecule has 0 fully saturated rings. The Hall–Kier alpha value is -1.80. The Morgan fingerprint density at radius 1 is 1.09 bits per heavy atom. The van der Waals surface area contributed by atoms with E-state index in [9.17, 15) is 0 Å². The Balaban J connectivity index is 1.96. The van der Waals surface area contributed by atoms with Gasteiger partial charge in [0.1, 0.15) is 17.3 Å². The van der Waals surface area contributed by atoms with Crippen LogP contribution in [0.3, 0.4) is 0 Å². The smallest absolute Gasteiger partial charge is 0.130 e. The van der Waals surface area contributed by atoms with Crippen molar-refractivity contribution in [2.24, 2.45) is 11.5 Å². The molecule has 1 atom stereocenters. The van der Waals surface area contributed by atoms with Crippen LogP contribution in [-0.2, 0) is 12.8 Å². The van der Waals surface area contributed by atoms with Gasteiger partial charge in [0.15, 0.2) is 0 Å². The molecule has 2 aromatic carbocycles. The maximum atomic E-state index is 7.54. The summed E-state index contributed by atoms with van der Waals surface area (Å²) in [6.45, 7) is 0. The summed E-state index contributed by atoms with van der Waals surface area (Å²) in [6.07, 6.45) is 1.68. The lowest BCUT2D eigenvalue weighted by Gasteiger charge is -2.12. The molecule has 0 amide bonds. The molecule has 1 heterocycles. The highest BCUT2D eigenvalue weighted by molar-refractivity contribution is 14.1. The van der Waals surface area contributed by atoms with Crippen molar-refractivity contribution in [3.8, 4) is 11.5 Å². The van der Waals surface area contributed by atoms with Crippen LogP contribution in [-0.4, -0.2) is 5.84 Å². The van der Waals surface area contributed by atoms with E-state index in [-0.39, 0.29) is 9.88 Å². The lowest BCUT2D eigenvalue weighted by atomic mass is 10.0. The number of nitrogens with one attached hydrogen (secondary N) is 2. The van der Waals surface area contributed by atoms with Gasteiger partial charge in [0.25, 0.3) is 0 Å². The number of hydrogen-bond acceptors (Lipinski definition) is 4. The first-order valence-corrected chi connectivity index (χ1v) is 9.23. The first kappa shape index (κ1) is 15.1. The number of alkyl halides is 1. The van der Waals surface area contributed by atoms with Crippen LogP contribution in [0.25, 0.3) is 0 Å². The first-order valence-electron chi connectivity index (χ1n) is 6.91. The Labute approximate surface area is 139 Å². The van der Waals surface area contributed by atoms with Crippen molar-refractivity contribution in [2.75, 3.05) is 0 Å². The van der Waals surface area contributed by atoms with Crippen molar-refractivity contribution < 1.29 is 4.74 Å². The molecule has 22 heavy (non-hydrogen) atoms. The van der Waals surface area contributed by atoms with Gasteiger partial charge in [0.05, 0.1) is 4.05 Å². The predicted molar refractivity (Wildman–Crippen MR) is 95.1 cm³/mol. The largest absolute Gasteiger partial charge is 0.457 e. The molecule has 0 aromatic heterocycles. The molecule has 0 radical (unpaired) electrons. The third-order valence-corrected chi connectivity index (χ3v) is 5.17. The van der Waals surface area contributed by atoms with E-state index >= 15 is 0 Å². The molecule has 1 unspecified atom stereocenters. The van der Waals surface area contributed by atoms with Crippen molar-refractivity contribution >= 4 is 26.9 Å². The number of ether oxygens (including phenoxy) is 1. The van der Waals surface area contributed by atoms with E-state index in [1.165, 1.54) is 0 Å². The van der Waals surface area contributed by atoms with E-state index in [0.717, 1.165) is 46.6 Å². The minimum Gasteiger partial charge on any atom is -0.457 e. The fraction of sp³-hybridized carbons (Fsp3) is 0.188. The van der Waals surface area contributed by atoms with Crippen LogP contribution in [0.2, 0.25) is 0 Å². The van der Waals surface area contributed by atoms with Crippen molar-refractivity contribution in [3.05, 3.63) is 58.7 Å². The van der Waals surface area contributed by atoms with Gasteiger partial charge < -0.3 is 16.2 Å². The third-order valence-electron chi connectivity index (χ3n) is 3.78. The van der Waals surface area contributed by atoms with E-state index in [0.29, 0.717) is 0 Å². The number of amidine groups is 1. The molecule has 1 aliphatic rings. The molecule has 6 N–H and O–H groups in total. The number of nitrogens with two attached hydrogens (primary N) is 2. The summed E-state index contributed by atoms with van der Waals surface area (Å²) in [6, 6.07) is 11.6. The first-order chi connectivity index (χ1) is 10.6. The maximum absolute atomic E-state index is 7.54. The van der Waals surface area contributed by atoms with Crippen LogP contribution in [0.4, 0.5) is 0 Å². The molecule has 6 heteroatoms. The van der Waals surface area contributed by atoms with Crippen LogP contribution in [0, 0.1) is 8.97 Å². The molecule has 0 spiro atoms. The molecule has 3 rings (SSSR count). The Bertz CT molecular complexity index is 760. The lowest BCUT2D eigenvalue weighted by Crippen LogP contribution is -2.11. The number of benzene rings is 2. The maximum Gasteiger partial charge on any atom is 0.130 e. The summed E-state index contributed by atoms with van der Waals surface area (Å²) in [4.78, 5) is 0. The van der Waals surface area contributed by atoms with Crippen molar-refractivity contribution in [1.82, 2.24) is 0 Å². The number of rotatable bonds is 3. The summed E-state index contributed by atoms with van der Waals surface area (Å²) in [5.41, 5.74) is 15.4. The van der Waals surface area contributed by atoms with Crippen molar-refractivity contribution in [1.29, 1.82) is 8.97 Å². The van der Waals surface area contributed by atoms with Crippen LogP contribution in [0.5, 0.6) is 11.5 Å². The van der Waals surface area contributed by atoms with Crippen LogP contribution < -0.4 is 16.2 Å². The molecule has 114 valence electrons. The molecule has 1 aliphatic heterocycles. The van der Waals surface area contributed by atoms with E-state index in [1.54, 1.807) is 6.07 Å². The Morgan fingerprint density at radius 3 is 2.36 bits per heavy atom. The second-order valence-corrected chi connectivity index (χ2v) is 7.18. The quantitative estimate of drug-likeness (QED) is 0.205. The second kappa shape index (κ2) is 6.13. The monoisotopic (exact) mass is 408 g/mol. The lowest BCUT2D eigenvalue weighted by molar-refractivity contribution is 0.479. The van der Waals surface area contributed by atoms with Gasteiger partial charge in [-0.15, -0.1) is 0 Å². The van der Waals surface area contributed by atoms with E-state index in [2.05, 4.69) is 6.07 Å². The molecule has 0 bridgehead atoms. The molecule has 5 nitrogen and oxygen atoms in total. The molecule has 0 saturated heterocycles. The Morgan fingerprint density at radius 2 is 1.73 bits per heavy atom. The van der Waals surface area contributed by atoms with Gasteiger partial charge in [-0.25, -0.2) is 0 Å². The average molecular weight is 408 g/mol. The molecular formula is C16H17IN4O. The number of halogens is 1. The van der Waals surface area contributed by atoms with Crippen molar-refractivity contribution in [3.63, 3.8) is 0 Å². The summed E-state index contributed by atoms with van der Waals surface area (Å²) < 4.78 is 13.4. The molecule has 0 aliphatic carbocycles. The van der Waals surface area contributed by atoms with Gasteiger partial charge in [-0.3, -0.25) is 8.97 Å². The summed E-state index contributed by atoms with van der Waals surface area (Å²) in [5.74, 6) is 1.72. The van der Waals surface area contributed by atoms with Gasteiger partial charge in [0, 0.05) is 26.6 Å². The van der Waals surface area contributed by atoms with Gasteiger partial charge >= 0.3 is 0 Å². The average Bonchev–Trinajstić information content (AvgIpc) is 2.71.